The van der Waals surface area contributed by atoms with E-state index in [1.807, 2.05) is 0 Å². The SMILES string of the molecule is CCCCCCCCCCCCCCCC/C=C\CCCCCCCCCCCCCCCCCCC(O)C(=O)NC(CO)C(O)C(O)CCCCCCCCCCCCCCCC. The van der Waals surface area contributed by atoms with Crippen molar-refractivity contribution in [2.45, 2.75) is 346 Å². The Morgan fingerprint density at radius 2 is 0.625 bits per heavy atom. The van der Waals surface area contributed by atoms with Gasteiger partial charge in [0.25, 0.3) is 0 Å². The molecule has 0 aromatic carbocycles. The Morgan fingerprint density at radius 1 is 0.375 bits per heavy atom. The minimum absolute atomic E-state index is 0.374. The Kier molecular flexibility index (Phi) is 52.2. The molecule has 4 unspecified atom stereocenters. The third kappa shape index (κ3) is 46.2. The van der Waals surface area contributed by atoms with Crippen LogP contribution in [0.25, 0.3) is 0 Å². The third-order valence-corrected chi connectivity index (χ3v) is 14.0. The Balaban J connectivity index is 3.52. The molecule has 0 aromatic heterocycles. The highest BCUT2D eigenvalue weighted by Crippen LogP contribution is 2.18. The van der Waals surface area contributed by atoms with Crippen LogP contribution in [0, 0.1) is 0 Å². The lowest BCUT2D eigenvalue weighted by molar-refractivity contribution is -0.132. The van der Waals surface area contributed by atoms with Crippen LogP contribution in [0.15, 0.2) is 12.2 Å². The number of rotatable bonds is 54. The molecule has 0 aliphatic carbocycles. The van der Waals surface area contributed by atoms with Crippen LogP contribution in [0.5, 0.6) is 0 Å². The molecular weight excluding hydrogens is 791 g/mol. The van der Waals surface area contributed by atoms with Crippen LogP contribution >= 0.6 is 0 Å². The van der Waals surface area contributed by atoms with Crippen LogP contribution in [0.2, 0.25) is 0 Å². The number of aliphatic hydroxyl groups excluding tert-OH is 4. The van der Waals surface area contributed by atoms with E-state index >= 15 is 0 Å². The number of hydrogen-bond donors (Lipinski definition) is 5. The summed E-state index contributed by atoms with van der Waals surface area (Å²) >= 11 is 0. The smallest absolute Gasteiger partial charge is 0.249 e. The molecule has 0 bridgehead atoms. The normalized spacial score (nSPS) is 13.8. The summed E-state index contributed by atoms with van der Waals surface area (Å²) in [6.07, 6.45) is 63.0. The lowest BCUT2D eigenvalue weighted by Gasteiger charge is -2.27. The van der Waals surface area contributed by atoms with Crippen molar-refractivity contribution < 1.29 is 25.2 Å². The molecule has 1 amide bonds. The molecule has 0 radical (unpaired) electrons. The van der Waals surface area contributed by atoms with E-state index in [1.165, 1.54) is 257 Å². The molecular formula is C58H115NO5. The van der Waals surface area contributed by atoms with Gasteiger partial charge in [0.1, 0.15) is 12.2 Å². The topological polar surface area (TPSA) is 110 Å². The fourth-order valence-electron chi connectivity index (χ4n) is 9.40. The number of unbranched alkanes of at least 4 members (excludes halogenated alkanes) is 43. The summed E-state index contributed by atoms with van der Waals surface area (Å²) < 4.78 is 0. The number of allylic oxidation sites excluding steroid dienone is 2. The van der Waals surface area contributed by atoms with E-state index in [1.54, 1.807) is 0 Å². The molecule has 4 atom stereocenters. The first-order chi connectivity index (χ1) is 31.5. The number of hydrogen-bond acceptors (Lipinski definition) is 5. The molecule has 5 N–H and O–H groups in total. The summed E-state index contributed by atoms with van der Waals surface area (Å²) in [6, 6.07) is -0.982. The zero-order chi connectivity index (χ0) is 46.7. The molecule has 6 nitrogen and oxygen atoms in total. The molecule has 0 aliphatic heterocycles. The van der Waals surface area contributed by atoms with Crippen molar-refractivity contribution in [3.05, 3.63) is 12.2 Å². The van der Waals surface area contributed by atoms with E-state index in [2.05, 4.69) is 31.3 Å². The maximum atomic E-state index is 12.6. The molecule has 64 heavy (non-hydrogen) atoms. The van der Waals surface area contributed by atoms with Gasteiger partial charge in [-0.1, -0.05) is 296 Å². The second-order valence-corrected chi connectivity index (χ2v) is 20.3. The summed E-state index contributed by atoms with van der Waals surface area (Å²) in [5, 5.41) is 43.9. The van der Waals surface area contributed by atoms with Gasteiger partial charge in [0.2, 0.25) is 5.91 Å². The summed E-state index contributed by atoms with van der Waals surface area (Å²) in [4.78, 5) is 12.6. The maximum absolute atomic E-state index is 12.6. The minimum Gasteiger partial charge on any atom is -0.394 e. The number of amides is 1. The monoisotopic (exact) mass is 906 g/mol. The van der Waals surface area contributed by atoms with Crippen LogP contribution in [0.1, 0.15) is 322 Å². The van der Waals surface area contributed by atoms with Crippen LogP contribution in [0.4, 0.5) is 0 Å². The van der Waals surface area contributed by atoms with Crippen molar-refractivity contribution in [3.8, 4) is 0 Å². The average Bonchev–Trinajstić information content (AvgIpc) is 3.30. The fraction of sp³-hybridized carbons (Fsp3) is 0.948. The third-order valence-electron chi connectivity index (χ3n) is 14.0. The first-order valence-electron chi connectivity index (χ1n) is 29.1. The van der Waals surface area contributed by atoms with Gasteiger partial charge in [-0.15, -0.1) is 0 Å². The standard InChI is InChI=1S/C58H115NO5/c1-3-5-7-9-11-13-15-17-19-20-21-22-23-24-25-26-27-28-29-30-31-32-33-34-35-36-37-38-40-42-44-46-48-50-52-56(62)58(64)59-54(53-60)57(63)55(61)51-49-47-45-43-41-39-18-16-14-12-10-8-6-4-2/h26-27,54-57,60-63H,3-25,28-53H2,1-2H3,(H,59,64)/b27-26-. The molecule has 0 fully saturated rings. The molecule has 0 aromatic rings. The summed E-state index contributed by atoms with van der Waals surface area (Å²) in [7, 11) is 0. The van der Waals surface area contributed by atoms with Gasteiger partial charge in [-0.2, -0.15) is 0 Å². The lowest BCUT2D eigenvalue weighted by atomic mass is 9.99. The van der Waals surface area contributed by atoms with Gasteiger partial charge >= 0.3 is 0 Å². The van der Waals surface area contributed by atoms with Crippen molar-refractivity contribution in [3.63, 3.8) is 0 Å². The molecule has 382 valence electrons. The predicted octanol–water partition coefficient (Wildman–Crippen LogP) is 16.9. The van der Waals surface area contributed by atoms with Crippen molar-refractivity contribution in [1.29, 1.82) is 0 Å². The molecule has 6 heteroatoms. The Hall–Kier alpha value is -0.950. The van der Waals surface area contributed by atoms with Crippen molar-refractivity contribution in [2.24, 2.45) is 0 Å². The van der Waals surface area contributed by atoms with Crippen LogP contribution < -0.4 is 5.32 Å². The van der Waals surface area contributed by atoms with E-state index in [0.717, 1.165) is 38.5 Å². The van der Waals surface area contributed by atoms with Crippen LogP contribution in [-0.4, -0.2) is 57.3 Å². The van der Waals surface area contributed by atoms with Gasteiger partial charge in [-0.3, -0.25) is 4.79 Å². The van der Waals surface area contributed by atoms with E-state index in [4.69, 9.17) is 0 Å². The Labute approximate surface area is 400 Å². The highest BCUT2D eigenvalue weighted by molar-refractivity contribution is 5.80. The van der Waals surface area contributed by atoms with Crippen molar-refractivity contribution in [2.75, 3.05) is 6.61 Å². The van der Waals surface area contributed by atoms with Crippen LogP contribution in [0.3, 0.4) is 0 Å². The van der Waals surface area contributed by atoms with Crippen LogP contribution in [-0.2, 0) is 4.79 Å². The molecule has 0 saturated heterocycles. The van der Waals surface area contributed by atoms with E-state index in [0.29, 0.717) is 12.8 Å². The quantitative estimate of drug-likeness (QED) is 0.0308. The Morgan fingerprint density at radius 3 is 0.906 bits per heavy atom. The number of carbonyl (C=O) groups is 1. The predicted molar refractivity (Wildman–Crippen MR) is 279 cm³/mol. The molecule has 0 aliphatic rings. The average molecular weight is 907 g/mol. The highest BCUT2D eigenvalue weighted by Gasteiger charge is 2.28. The fourth-order valence-corrected chi connectivity index (χ4v) is 9.40. The van der Waals surface area contributed by atoms with Gasteiger partial charge in [-0.05, 0) is 38.5 Å². The second-order valence-electron chi connectivity index (χ2n) is 20.3. The van der Waals surface area contributed by atoms with E-state index < -0.39 is 36.9 Å². The summed E-state index contributed by atoms with van der Waals surface area (Å²) in [6.45, 7) is 4.08. The summed E-state index contributed by atoms with van der Waals surface area (Å²) in [5.74, 6) is -0.578. The molecule has 0 heterocycles. The second kappa shape index (κ2) is 53.0. The zero-order valence-electron chi connectivity index (χ0n) is 43.3. The first-order valence-corrected chi connectivity index (χ1v) is 29.1. The highest BCUT2D eigenvalue weighted by atomic mass is 16.3. The van der Waals surface area contributed by atoms with E-state index in [-0.39, 0.29) is 0 Å². The first kappa shape index (κ1) is 63.0. The van der Waals surface area contributed by atoms with Gasteiger partial charge < -0.3 is 25.7 Å². The number of nitrogens with one attached hydrogen (secondary N) is 1. The van der Waals surface area contributed by atoms with Gasteiger partial charge in [0.05, 0.1) is 18.8 Å². The molecule has 0 rings (SSSR count). The maximum Gasteiger partial charge on any atom is 0.249 e. The molecule has 0 saturated carbocycles. The van der Waals surface area contributed by atoms with Gasteiger partial charge in [0.15, 0.2) is 0 Å². The largest absolute Gasteiger partial charge is 0.394 e. The summed E-state index contributed by atoms with van der Waals surface area (Å²) in [5.41, 5.74) is 0. The lowest BCUT2D eigenvalue weighted by Crippen LogP contribution is -2.53. The minimum atomic E-state index is -1.26. The zero-order valence-corrected chi connectivity index (χ0v) is 43.3. The van der Waals surface area contributed by atoms with Gasteiger partial charge in [-0.25, -0.2) is 0 Å². The number of aliphatic hydroxyl groups is 4. The van der Waals surface area contributed by atoms with E-state index in [9.17, 15) is 25.2 Å². The molecule has 0 spiro atoms. The van der Waals surface area contributed by atoms with Crippen molar-refractivity contribution in [1.82, 2.24) is 5.32 Å². The van der Waals surface area contributed by atoms with Crippen molar-refractivity contribution >= 4 is 5.91 Å². The van der Waals surface area contributed by atoms with Gasteiger partial charge in [0, 0.05) is 0 Å². The Bertz CT molecular complexity index is 928. The number of carbonyl (C=O) groups excluding carboxylic acids is 1.